The molecule has 0 radical (unpaired) electrons. The molecule has 4 amide bonds. The quantitative estimate of drug-likeness (QED) is 0.656. The van der Waals surface area contributed by atoms with Crippen molar-refractivity contribution in [2.75, 3.05) is 4.90 Å². The SMILES string of the molecule is O=C1NC(=O)N(c2ccccc2Cl)C(=O)/C1=C/c1cccc(Cl)c1. The highest BCUT2D eigenvalue weighted by molar-refractivity contribution is 6.42. The summed E-state index contributed by atoms with van der Waals surface area (Å²) in [5.41, 5.74) is 0.581. The summed E-state index contributed by atoms with van der Waals surface area (Å²) in [6.45, 7) is 0. The minimum Gasteiger partial charge on any atom is -0.273 e. The van der Waals surface area contributed by atoms with Crippen LogP contribution in [0.5, 0.6) is 0 Å². The van der Waals surface area contributed by atoms with E-state index in [1.807, 2.05) is 0 Å². The third kappa shape index (κ3) is 3.04. The van der Waals surface area contributed by atoms with Crippen LogP contribution in [-0.4, -0.2) is 17.8 Å². The van der Waals surface area contributed by atoms with Gasteiger partial charge < -0.3 is 0 Å². The van der Waals surface area contributed by atoms with Crippen LogP contribution >= 0.6 is 23.2 Å². The van der Waals surface area contributed by atoms with Crippen molar-refractivity contribution in [2.24, 2.45) is 0 Å². The fraction of sp³-hybridized carbons (Fsp3) is 0. The highest BCUT2D eigenvalue weighted by atomic mass is 35.5. The molecule has 2 aromatic carbocycles. The van der Waals surface area contributed by atoms with Crippen LogP contribution < -0.4 is 10.2 Å². The maximum atomic E-state index is 12.7. The van der Waals surface area contributed by atoms with Gasteiger partial charge in [-0.25, -0.2) is 9.69 Å². The first-order valence-corrected chi connectivity index (χ1v) is 7.64. The van der Waals surface area contributed by atoms with Gasteiger partial charge in [-0.3, -0.25) is 14.9 Å². The van der Waals surface area contributed by atoms with Crippen molar-refractivity contribution in [3.63, 3.8) is 0 Å². The number of halogens is 2. The molecule has 0 spiro atoms. The summed E-state index contributed by atoms with van der Waals surface area (Å²) in [5, 5.41) is 2.82. The Morgan fingerprint density at radius 1 is 0.958 bits per heavy atom. The lowest BCUT2D eigenvalue weighted by Gasteiger charge is -2.27. The first kappa shape index (κ1) is 16.2. The normalized spacial score (nSPS) is 16.5. The zero-order valence-electron chi connectivity index (χ0n) is 12.1. The number of nitrogens with one attached hydrogen (secondary N) is 1. The molecule has 1 aliphatic rings. The molecule has 0 bridgehead atoms. The molecule has 0 unspecified atom stereocenters. The van der Waals surface area contributed by atoms with Crippen LogP contribution in [0.1, 0.15) is 5.56 Å². The molecule has 1 fully saturated rings. The van der Waals surface area contributed by atoms with Crippen LogP contribution in [0.2, 0.25) is 10.0 Å². The van der Waals surface area contributed by atoms with Crippen molar-refractivity contribution >= 4 is 52.8 Å². The van der Waals surface area contributed by atoms with Gasteiger partial charge in [0.2, 0.25) is 0 Å². The predicted octanol–water partition coefficient (Wildman–Crippen LogP) is 3.66. The number of hydrogen-bond acceptors (Lipinski definition) is 3. The van der Waals surface area contributed by atoms with Crippen molar-refractivity contribution in [2.45, 2.75) is 0 Å². The van der Waals surface area contributed by atoms with Crippen LogP contribution in [0.3, 0.4) is 0 Å². The summed E-state index contributed by atoms with van der Waals surface area (Å²) in [7, 11) is 0. The first-order valence-electron chi connectivity index (χ1n) is 6.89. The Morgan fingerprint density at radius 2 is 1.71 bits per heavy atom. The number of anilines is 1. The highest BCUT2D eigenvalue weighted by Gasteiger charge is 2.37. The van der Waals surface area contributed by atoms with Gasteiger partial charge in [-0.2, -0.15) is 0 Å². The topological polar surface area (TPSA) is 66.5 Å². The Bertz CT molecular complexity index is 893. The van der Waals surface area contributed by atoms with E-state index in [0.29, 0.717) is 10.6 Å². The largest absolute Gasteiger partial charge is 0.335 e. The van der Waals surface area contributed by atoms with Gasteiger partial charge in [-0.05, 0) is 35.9 Å². The minimum atomic E-state index is -0.846. The van der Waals surface area contributed by atoms with Crippen molar-refractivity contribution in [1.29, 1.82) is 0 Å². The predicted molar refractivity (Wildman–Crippen MR) is 91.9 cm³/mol. The van der Waals surface area contributed by atoms with Crippen LogP contribution in [0.4, 0.5) is 10.5 Å². The maximum Gasteiger partial charge on any atom is 0.335 e. The Labute approximate surface area is 147 Å². The van der Waals surface area contributed by atoms with Crippen LogP contribution in [0.25, 0.3) is 6.08 Å². The van der Waals surface area contributed by atoms with Gasteiger partial charge in [0.05, 0.1) is 10.7 Å². The molecular formula is C17H10Cl2N2O3. The molecule has 5 nitrogen and oxygen atoms in total. The van der Waals surface area contributed by atoms with E-state index < -0.39 is 17.8 Å². The molecule has 1 N–H and O–H groups in total. The summed E-state index contributed by atoms with van der Waals surface area (Å²) in [5.74, 6) is -1.52. The number of imide groups is 2. The molecule has 2 aromatic rings. The summed E-state index contributed by atoms with van der Waals surface area (Å²) in [6.07, 6.45) is 1.37. The molecule has 0 aliphatic carbocycles. The smallest absolute Gasteiger partial charge is 0.273 e. The molecular weight excluding hydrogens is 351 g/mol. The van der Waals surface area contributed by atoms with Gasteiger partial charge in [0, 0.05) is 5.02 Å². The lowest BCUT2D eigenvalue weighted by Crippen LogP contribution is -2.54. The second-order valence-electron chi connectivity index (χ2n) is 4.96. The van der Waals surface area contributed by atoms with Crippen molar-refractivity contribution in [1.82, 2.24) is 5.32 Å². The molecule has 0 atom stereocenters. The number of amides is 4. The number of barbiturate groups is 1. The molecule has 7 heteroatoms. The number of urea groups is 1. The number of carbonyl (C=O) groups is 3. The van der Waals surface area contributed by atoms with Crippen LogP contribution in [0, 0.1) is 0 Å². The highest BCUT2D eigenvalue weighted by Crippen LogP contribution is 2.28. The Balaban J connectivity index is 2.05. The van der Waals surface area contributed by atoms with Gasteiger partial charge in [0.25, 0.3) is 11.8 Å². The monoisotopic (exact) mass is 360 g/mol. The number of benzene rings is 2. The van der Waals surface area contributed by atoms with E-state index in [0.717, 1.165) is 4.90 Å². The maximum absolute atomic E-state index is 12.7. The molecule has 1 saturated heterocycles. The summed E-state index contributed by atoms with van der Waals surface area (Å²) in [6, 6.07) is 12.2. The third-order valence-corrected chi connectivity index (χ3v) is 3.91. The number of carbonyl (C=O) groups excluding carboxylic acids is 3. The lowest BCUT2D eigenvalue weighted by atomic mass is 10.1. The summed E-state index contributed by atoms with van der Waals surface area (Å²) in [4.78, 5) is 37.6. The van der Waals surface area contributed by atoms with E-state index in [1.54, 1.807) is 42.5 Å². The van der Waals surface area contributed by atoms with Gasteiger partial charge >= 0.3 is 6.03 Å². The molecule has 0 aromatic heterocycles. The first-order chi connectivity index (χ1) is 11.5. The van der Waals surface area contributed by atoms with E-state index >= 15 is 0 Å². The second-order valence-corrected chi connectivity index (χ2v) is 5.81. The lowest BCUT2D eigenvalue weighted by molar-refractivity contribution is -0.122. The van der Waals surface area contributed by atoms with Crippen molar-refractivity contribution in [3.05, 3.63) is 69.7 Å². The molecule has 1 aliphatic heterocycles. The minimum absolute atomic E-state index is 0.184. The Hall–Kier alpha value is -2.63. The summed E-state index contributed by atoms with van der Waals surface area (Å²) < 4.78 is 0. The van der Waals surface area contributed by atoms with E-state index in [9.17, 15) is 14.4 Å². The van der Waals surface area contributed by atoms with E-state index in [-0.39, 0.29) is 16.3 Å². The second kappa shape index (κ2) is 6.47. The number of hydrogen-bond donors (Lipinski definition) is 1. The molecule has 120 valence electrons. The van der Waals surface area contributed by atoms with E-state index in [2.05, 4.69) is 5.32 Å². The van der Waals surface area contributed by atoms with E-state index in [4.69, 9.17) is 23.2 Å². The zero-order valence-corrected chi connectivity index (χ0v) is 13.6. The molecule has 1 heterocycles. The Morgan fingerprint density at radius 3 is 2.42 bits per heavy atom. The average Bonchev–Trinajstić information content (AvgIpc) is 2.53. The molecule has 24 heavy (non-hydrogen) atoms. The van der Waals surface area contributed by atoms with Gasteiger partial charge in [0.1, 0.15) is 5.57 Å². The van der Waals surface area contributed by atoms with Crippen molar-refractivity contribution < 1.29 is 14.4 Å². The Kier molecular flexibility index (Phi) is 4.38. The average molecular weight is 361 g/mol. The fourth-order valence-electron chi connectivity index (χ4n) is 2.27. The van der Waals surface area contributed by atoms with Gasteiger partial charge in [-0.15, -0.1) is 0 Å². The van der Waals surface area contributed by atoms with Crippen LogP contribution in [0.15, 0.2) is 54.1 Å². The molecule has 3 rings (SSSR count). The van der Waals surface area contributed by atoms with Crippen LogP contribution in [-0.2, 0) is 9.59 Å². The molecule has 0 saturated carbocycles. The summed E-state index contributed by atoms with van der Waals surface area (Å²) >= 11 is 12.0. The van der Waals surface area contributed by atoms with Crippen molar-refractivity contribution in [3.8, 4) is 0 Å². The zero-order chi connectivity index (χ0) is 17.3. The number of nitrogens with zero attached hydrogens (tertiary/aromatic N) is 1. The number of rotatable bonds is 2. The third-order valence-electron chi connectivity index (χ3n) is 3.35. The standard InChI is InChI=1S/C17H10Cl2N2O3/c18-11-5-3-4-10(8-11)9-12-15(22)20-17(24)21(16(12)23)14-7-2-1-6-13(14)19/h1-9H,(H,20,22,24)/b12-9+. The van der Waals surface area contributed by atoms with Gasteiger partial charge in [0.15, 0.2) is 0 Å². The van der Waals surface area contributed by atoms with E-state index in [1.165, 1.54) is 12.1 Å². The number of para-hydroxylation sites is 1. The van der Waals surface area contributed by atoms with Gasteiger partial charge in [-0.1, -0.05) is 47.5 Å². The fourth-order valence-corrected chi connectivity index (χ4v) is 2.69.